The van der Waals surface area contributed by atoms with Crippen molar-refractivity contribution in [1.29, 1.82) is 0 Å². The van der Waals surface area contributed by atoms with E-state index in [0.29, 0.717) is 51.4 Å². The number of rotatable bonds is 14. The second-order valence-corrected chi connectivity index (χ2v) is 25.3. The molecule has 0 aliphatic heterocycles. The monoisotopic (exact) mass is 1070 g/mol. The summed E-state index contributed by atoms with van der Waals surface area (Å²) in [6.45, 7) is 0. The van der Waals surface area contributed by atoms with E-state index in [1.165, 1.54) is 0 Å². The van der Waals surface area contributed by atoms with Crippen LogP contribution in [0.5, 0.6) is 0 Å². The molecule has 8 rings (SSSR count). The normalized spacial score (nSPS) is 43.1. The predicted octanol–water partition coefficient (Wildman–Crippen LogP) is -7.59. The first-order chi connectivity index (χ1) is 30.7. The van der Waals surface area contributed by atoms with Crippen LogP contribution in [0.2, 0.25) is 0 Å². The quantitative estimate of drug-likeness (QED) is 0.0408. The van der Waals surface area contributed by atoms with Gasteiger partial charge in [0.1, 0.15) is 6.04 Å². The van der Waals surface area contributed by atoms with E-state index < -0.39 is 54.0 Å². The van der Waals surface area contributed by atoms with Gasteiger partial charge in [-0.3, -0.25) is 10.1 Å². The van der Waals surface area contributed by atoms with Crippen molar-refractivity contribution in [1.82, 2.24) is 0 Å². The van der Waals surface area contributed by atoms with E-state index in [-0.39, 0.29) is 214 Å². The van der Waals surface area contributed by atoms with E-state index in [1.807, 2.05) is 0 Å². The summed E-state index contributed by atoms with van der Waals surface area (Å²) in [6, 6.07) is -1.58. The van der Waals surface area contributed by atoms with Gasteiger partial charge in [-0.25, -0.2) is 16.8 Å². The van der Waals surface area contributed by atoms with Gasteiger partial charge in [0.15, 0.2) is 0 Å². The van der Waals surface area contributed by atoms with Crippen molar-refractivity contribution in [3.8, 4) is 0 Å². The Morgan fingerprint density at radius 3 is 1.62 bits per heavy atom. The molecule has 364 valence electrons. The molecule has 0 heterocycles. The second-order valence-electron chi connectivity index (χ2n) is 20.2. The SMILES string of the molecule is NC1CCC2C(C1)CC(SOO[O-])C(N=NC1CCC(N=NC3CCC(N=NC4CC(SOO[O-])C5CCCC(S(=O)(=O)[O-])C5C4)C4CCCCC34)C3CCC(S(=O)(=O)[O-])CC13)C2O.[Na+].[Na+].[Na+].[Na+]. The molecule has 20 unspecified atom stereocenters. The molecule has 0 aromatic rings. The van der Waals surface area contributed by atoms with E-state index in [0.717, 1.165) is 88.3 Å². The van der Waals surface area contributed by atoms with Crippen molar-refractivity contribution < 1.29 is 179 Å². The van der Waals surface area contributed by atoms with E-state index >= 15 is 0 Å². The molecular weight excluding hydrogens is 1010 g/mol. The van der Waals surface area contributed by atoms with Crippen molar-refractivity contribution >= 4 is 44.3 Å². The first-order valence-corrected chi connectivity index (χ1v) is 28.1. The number of aliphatic hydroxyl groups excluding tert-OH is 1. The summed E-state index contributed by atoms with van der Waals surface area (Å²) in [4.78, 5) is 0. The molecular formula is C40H63N7Na4O13S4. The van der Waals surface area contributed by atoms with Crippen LogP contribution in [0.1, 0.15) is 128 Å². The summed E-state index contributed by atoms with van der Waals surface area (Å²) in [6.07, 6.45) is 12.4. The fourth-order valence-electron chi connectivity index (χ4n) is 13.9. The van der Waals surface area contributed by atoms with E-state index in [4.69, 9.17) is 45.1 Å². The van der Waals surface area contributed by atoms with Crippen LogP contribution in [0.4, 0.5) is 0 Å². The van der Waals surface area contributed by atoms with Crippen LogP contribution in [-0.4, -0.2) is 100 Å². The van der Waals surface area contributed by atoms with Gasteiger partial charge in [0, 0.05) is 40.6 Å². The molecule has 0 bridgehead atoms. The minimum atomic E-state index is -4.55. The molecule has 8 saturated carbocycles. The molecule has 0 spiro atoms. The van der Waals surface area contributed by atoms with E-state index in [9.17, 15) is 41.6 Å². The van der Waals surface area contributed by atoms with Crippen LogP contribution in [0.15, 0.2) is 30.7 Å². The Balaban J connectivity index is 0.00000252. The van der Waals surface area contributed by atoms with Crippen LogP contribution in [0.25, 0.3) is 0 Å². The maximum atomic E-state index is 12.4. The molecule has 0 saturated heterocycles. The van der Waals surface area contributed by atoms with Gasteiger partial charge in [-0.2, -0.15) is 39.4 Å². The zero-order chi connectivity index (χ0) is 45.2. The largest absolute Gasteiger partial charge is 1.00 e. The van der Waals surface area contributed by atoms with Gasteiger partial charge in [0.25, 0.3) is 0 Å². The van der Waals surface area contributed by atoms with Crippen molar-refractivity contribution in [2.75, 3.05) is 0 Å². The molecule has 8 fully saturated rings. The van der Waals surface area contributed by atoms with Crippen LogP contribution < -0.4 is 134 Å². The van der Waals surface area contributed by atoms with Gasteiger partial charge in [0.05, 0.1) is 67.0 Å². The second kappa shape index (κ2) is 29.1. The fraction of sp³-hybridized carbons (Fsp3) is 1.00. The number of nitrogens with zero attached hydrogens (tertiary/aromatic N) is 6. The van der Waals surface area contributed by atoms with Gasteiger partial charge in [0.2, 0.25) is 0 Å². The van der Waals surface area contributed by atoms with Crippen molar-refractivity contribution in [3.05, 3.63) is 0 Å². The molecule has 0 amide bonds. The third-order valence-electron chi connectivity index (χ3n) is 16.9. The Kier molecular flexibility index (Phi) is 27.2. The number of hydrogen-bond acceptors (Lipinski definition) is 22. The smallest absolute Gasteiger partial charge is 0.748 e. The molecule has 0 aromatic heterocycles. The number of aliphatic hydroxyl groups is 1. The number of nitrogens with two attached hydrogens (primary N) is 1. The van der Waals surface area contributed by atoms with Crippen LogP contribution in [0, 0.1) is 47.3 Å². The zero-order valence-electron chi connectivity index (χ0n) is 39.9. The van der Waals surface area contributed by atoms with Gasteiger partial charge < -0.3 is 30.5 Å². The topological polar surface area (TPSA) is 318 Å². The summed E-state index contributed by atoms with van der Waals surface area (Å²) < 4.78 is 83.5. The number of hydrogen-bond donors (Lipinski definition) is 2. The number of fused-ring (bicyclic) bond motifs is 4. The molecule has 0 aromatic carbocycles. The van der Waals surface area contributed by atoms with Crippen LogP contribution in [0.3, 0.4) is 0 Å². The molecule has 28 heteroatoms. The molecule has 8 aliphatic rings. The molecule has 0 radical (unpaired) electrons. The average Bonchev–Trinajstić information content (AvgIpc) is 3.27. The Morgan fingerprint density at radius 2 is 1.03 bits per heavy atom. The molecule has 68 heavy (non-hydrogen) atoms. The Morgan fingerprint density at radius 1 is 0.500 bits per heavy atom. The maximum absolute atomic E-state index is 12.4. The summed E-state index contributed by atoms with van der Waals surface area (Å²) >= 11 is 1.71. The standard InChI is InChI=1S/C40H67N7O13S4.4Na/c41-22-8-10-25-21(16-22)17-37(62-60-58-50)39(40(25)48)47-46-35-15-14-34(28-11-9-24(20-30(28)35)63(51,52)53)45-44-33-13-12-32(26-4-1-2-5-27(26)33)43-42-23-18-31-29(36(19-23)61-59-57-49)6-3-7-38(31)64(54,55)56;;;;/h21-40,48-50H,1-20,41H2,(H,51,52,53)(H,54,55,56);;;;/q;4*+1/p-4. The molecule has 8 aliphatic carbocycles. The first kappa shape index (κ1) is 63.5. The number of azo groups is 3. The van der Waals surface area contributed by atoms with Crippen molar-refractivity contribution in [3.63, 3.8) is 0 Å². The van der Waals surface area contributed by atoms with Crippen LogP contribution in [-0.2, 0) is 39.0 Å². The minimum Gasteiger partial charge on any atom is -0.748 e. The first-order valence-electron chi connectivity index (χ1n) is 23.5. The van der Waals surface area contributed by atoms with Crippen LogP contribution >= 0.6 is 24.1 Å². The third-order valence-corrected chi connectivity index (χ3v) is 21.2. The minimum absolute atomic E-state index is 0. The predicted molar refractivity (Wildman–Crippen MR) is 226 cm³/mol. The van der Waals surface area contributed by atoms with Gasteiger partial charge in [-0.15, -0.1) is 0 Å². The van der Waals surface area contributed by atoms with Gasteiger partial charge in [-0.1, -0.05) is 19.3 Å². The van der Waals surface area contributed by atoms with Crippen molar-refractivity contribution in [2.45, 2.75) is 198 Å². The Bertz CT molecular complexity index is 1900. The Hall–Kier alpha value is 3.00. The van der Waals surface area contributed by atoms with E-state index in [1.54, 1.807) is 0 Å². The average molecular weight is 1070 g/mol. The summed E-state index contributed by atoms with van der Waals surface area (Å²) in [5.74, 6) is -0.236. The fourth-order valence-corrected chi connectivity index (χ4v) is 17.7. The summed E-state index contributed by atoms with van der Waals surface area (Å²) in [5.41, 5.74) is 6.26. The zero-order valence-corrected chi connectivity index (χ0v) is 51.2. The summed E-state index contributed by atoms with van der Waals surface area (Å²) in [7, 11) is -9.07. The van der Waals surface area contributed by atoms with Gasteiger partial charge >= 0.3 is 118 Å². The maximum Gasteiger partial charge on any atom is 1.00 e. The molecule has 3 N–H and O–H groups in total. The van der Waals surface area contributed by atoms with E-state index in [2.05, 4.69) is 10.1 Å². The molecule has 20 nitrogen and oxygen atoms in total. The van der Waals surface area contributed by atoms with Crippen molar-refractivity contribution in [2.24, 2.45) is 83.8 Å². The third kappa shape index (κ3) is 15.6. The Labute approximate surface area is 498 Å². The molecule has 20 atom stereocenters. The van der Waals surface area contributed by atoms with Gasteiger partial charge in [-0.05, 0) is 156 Å². The summed E-state index contributed by atoms with van der Waals surface area (Å²) in [5, 5.41) is 67.1.